The van der Waals surface area contributed by atoms with Crippen LogP contribution in [-0.4, -0.2) is 80.5 Å². The van der Waals surface area contributed by atoms with Crippen molar-refractivity contribution in [2.45, 2.75) is 64.6 Å². The van der Waals surface area contributed by atoms with Gasteiger partial charge in [-0.25, -0.2) is 9.59 Å². The molecular weight excluding hydrogens is 667 g/mol. The number of anilines is 2. The van der Waals surface area contributed by atoms with E-state index < -0.39 is 23.1 Å². The van der Waals surface area contributed by atoms with Crippen LogP contribution in [-0.2, 0) is 9.59 Å². The highest BCUT2D eigenvalue weighted by molar-refractivity contribution is 6.31. The van der Waals surface area contributed by atoms with E-state index >= 15 is 0 Å². The van der Waals surface area contributed by atoms with E-state index in [-0.39, 0.29) is 23.8 Å². The monoisotopic (exact) mass is 712 g/mol. The molecule has 16 nitrogen and oxygen atoms in total. The Kier molecular flexibility index (Phi) is 19.9. The molecule has 0 spiro atoms. The highest BCUT2D eigenvalue weighted by Gasteiger charge is 2.22. The zero-order chi connectivity index (χ0) is 36.9. The molecule has 0 unspecified atom stereocenters. The van der Waals surface area contributed by atoms with E-state index in [4.69, 9.17) is 65.3 Å². The van der Waals surface area contributed by atoms with Crippen LogP contribution in [0.3, 0.4) is 0 Å². The molecule has 0 fully saturated rings. The second-order valence-corrected chi connectivity index (χ2v) is 11.9. The normalized spacial score (nSPS) is 10.4. The second-order valence-electron chi connectivity index (χ2n) is 11.0. The Morgan fingerprint density at radius 2 is 0.854 bits per heavy atom. The predicted molar refractivity (Wildman–Crippen MR) is 190 cm³/mol. The highest BCUT2D eigenvalue weighted by atomic mass is 35.5. The third kappa shape index (κ3) is 22.8. The molecule has 0 aliphatic heterocycles. The molecule has 2 aromatic rings. The minimum Gasteiger partial charge on any atom is -0.479 e. The summed E-state index contributed by atoms with van der Waals surface area (Å²) in [5, 5.41) is 82.5. The first-order valence-electron chi connectivity index (χ1n) is 14.5. The molecule has 0 bridgehead atoms. The lowest BCUT2D eigenvalue weighted by Gasteiger charge is -2.13. The quantitative estimate of drug-likeness (QED) is 0.0898. The number of benzene rings is 2. The fourth-order valence-corrected chi connectivity index (χ4v) is 3.04. The predicted octanol–water partition coefficient (Wildman–Crippen LogP) is 3.86. The number of carboxylic acids is 2. The van der Waals surface area contributed by atoms with Gasteiger partial charge in [0.2, 0.25) is 0 Å². The van der Waals surface area contributed by atoms with Crippen molar-refractivity contribution in [2.75, 3.05) is 23.7 Å². The molecule has 0 amide bonds. The van der Waals surface area contributed by atoms with Gasteiger partial charge < -0.3 is 41.7 Å². The topological polar surface area (TPSA) is 283 Å². The summed E-state index contributed by atoms with van der Waals surface area (Å²) in [4.78, 5) is 19.5. The average molecular weight is 714 g/mol. The van der Waals surface area contributed by atoms with Crippen molar-refractivity contribution in [3.63, 3.8) is 0 Å². The maximum atomic E-state index is 9.77. The van der Waals surface area contributed by atoms with Crippen molar-refractivity contribution in [1.82, 2.24) is 21.3 Å². The Hall–Kier alpha value is -4.64. The number of carboxylic acid groups (broad SMARTS) is 2. The van der Waals surface area contributed by atoms with Crippen LogP contribution in [0.1, 0.15) is 53.4 Å². The van der Waals surface area contributed by atoms with Gasteiger partial charge in [0.1, 0.15) is 0 Å². The number of carbonyl (C=O) groups is 2. The molecule has 0 aromatic heterocycles. The van der Waals surface area contributed by atoms with Crippen LogP contribution < -0.4 is 31.9 Å². The lowest BCUT2D eigenvalue weighted by Crippen LogP contribution is -2.43. The fraction of sp³-hybridized carbons (Fsp3) is 0.400. The Morgan fingerprint density at radius 1 is 0.583 bits per heavy atom. The maximum Gasteiger partial charge on any atom is 0.335 e. The largest absolute Gasteiger partial charge is 0.479 e. The smallest absolute Gasteiger partial charge is 0.335 e. The number of aliphatic hydroxyl groups is 2. The molecule has 0 aliphatic carbocycles. The first kappa shape index (κ1) is 43.4. The van der Waals surface area contributed by atoms with Crippen molar-refractivity contribution in [3.8, 4) is 0 Å². The standard InChI is InChI=1S/C22H30Cl2N10.2C4H8O3/c23-15-5-9-17(10-6-15)31-21(27)33-19(25)29-13-3-1-2-4-14-30-20(26)34-22(28)32-18-11-7-16(24)8-12-18;2*1-4(2,7)3(5)6/h5-12H,1-4,13-14H2,(H5,25,27,29,31,33)(H5,26,28,30,32,34);2*7H,1-2H3,(H,5,6). The molecule has 2 rings (SSSR count). The van der Waals surface area contributed by atoms with Gasteiger partial charge in [-0.3, -0.25) is 32.3 Å². The summed E-state index contributed by atoms with van der Waals surface area (Å²) in [6, 6.07) is 13.9. The summed E-state index contributed by atoms with van der Waals surface area (Å²) < 4.78 is 0. The molecule has 48 heavy (non-hydrogen) atoms. The number of rotatable bonds is 11. The van der Waals surface area contributed by atoms with Crippen LogP contribution in [0.25, 0.3) is 0 Å². The number of unbranched alkanes of at least 4 members (excludes halogenated alkanes) is 3. The number of halogens is 2. The number of aliphatic carboxylic acids is 2. The van der Waals surface area contributed by atoms with Gasteiger partial charge in [-0.15, -0.1) is 0 Å². The SMILES string of the molecule is CC(C)(O)C(=O)O.CC(C)(O)C(=O)O.N=C(NCCCCCCNC(=N)NC(=N)Nc1ccc(Cl)cc1)NC(=N)Nc1ccc(Cl)cc1. The lowest BCUT2D eigenvalue weighted by molar-refractivity contribution is -0.155. The van der Waals surface area contributed by atoms with Crippen LogP contribution in [0.2, 0.25) is 10.0 Å². The van der Waals surface area contributed by atoms with Crippen LogP contribution in [0.4, 0.5) is 11.4 Å². The van der Waals surface area contributed by atoms with Crippen molar-refractivity contribution in [1.29, 1.82) is 21.6 Å². The Labute approximate surface area is 289 Å². The molecule has 2 aromatic carbocycles. The summed E-state index contributed by atoms with van der Waals surface area (Å²) in [6.07, 6.45) is 3.70. The second kappa shape index (κ2) is 22.0. The lowest BCUT2D eigenvalue weighted by atomic mass is 10.1. The van der Waals surface area contributed by atoms with Gasteiger partial charge >= 0.3 is 11.9 Å². The summed E-state index contributed by atoms with van der Waals surface area (Å²) >= 11 is 11.7. The number of nitrogens with one attached hydrogen (secondary N) is 10. The van der Waals surface area contributed by atoms with Gasteiger partial charge in [-0.2, -0.15) is 0 Å². The van der Waals surface area contributed by atoms with E-state index in [2.05, 4.69) is 31.9 Å². The Bertz CT molecular complexity index is 1240. The van der Waals surface area contributed by atoms with Gasteiger partial charge in [0.25, 0.3) is 0 Å². The number of hydrogen-bond acceptors (Lipinski definition) is 8. The summed E-state index contributed by atoms with van der Waals surface area (Å²) in [6.45, 7) is 6.12. The van der Waals surface area contributed by atoms with E-state index in [1.807, 2.05) is 0 Å². The zero-order valence-electron chi connectivity index (χ0n) is 27.2. The van der Waals surface area contributed by atoms with E-state index in [0.717, 1.165) is 25.7 Å². The van der Waals surface area contributed by atoms with Crippen LogP contribution in [0, 0.1) is 21.6 Å². The molecule has 266 valence electrons. The average Bonchev–Trinajstić information content (AvgIpc) is 2.96. The summed E-state index contributed by atoms with van der Waals surface area (Å²) in [7, 11) is 0. The summed E-state index contributed by atoms with van der Waals surface area (Å²) in [5.41, 5.74) is -1.75. The van der Waals surface area contributed by atoms with Crippen LogP contribution in [0.15, 0.2) is 48.5 Å². The van der Waals surface area contributed by atoms with Gasteiger partial charge in [0.05, 0.1) is 0 Å². The molecule has 0 saturated heterocycles. The molecular formula is C30H46Cl2N10O6. The molecule has 0 radical (unpaired) electrons. The van der Waals surface area contributed by atoms with Gasteiger partial charge in [0.15, 0.2) is 35.0 Å². The van der Waals surface area contributed by atoms with Crippen LogP contribution >= 0.6 is 23.2 Å². The van der Waals surface area contributed by atoms with Crippen molar-refractivity contribution in [3.05, 3.63) is 58.6 Å². The first-order chi connectivity index (χ1) is 22.2. The number of guanidine groups is 4. The van der Waals surface area contributed by atoms with E-state index in [0.29, 0.717) is 34.5 Å². The van der Waals surface area contributed by atoms with E-state index in [9.17, 15) is 9.59 Å². The van der Waals surface area contributed by atoms with Crippen molar-refractivity contribution in [2.24, 2.45) is 0 Å². The van der Waals surface area contributed by atoms with Crippen molar-refractivity contribution < 1.29 is 30.0 Å². The zero-order valence-corrected chi connectivity index (χ0v) is 28.7. The minimum atomic E-state index is -1.58. The Morgan fingerprint density at radius 3 is 1.10 bits per heavy atom. The maximum absolute atomic E-state index is 9.77. The minimum absolute atomic E-state index is 0.00148. The third-order valence-corrected chi connectivity index (χ3v) is 5.98. The first-order valence-corrected chi connectivity index (χ1v) is 15.3. The molecule has 0 atom stereocenters. The fourth-order valence-electron chi connectivity index (χ4n) is 2.79. The molecule has 0 aliphatic rings. The highest BCUT2D eigenvalue weighted by Crippen LogP contribution is 2.13. The molecule has 0 heterocycles. The van der Waals surface area contributed by atoms with E-state index in [1.54, 1.807) is 48.5 Å². The van der Waals surface area contributed by atoms with Crippen molar-refractivity contribution >= 4 is 70.4 Å². The van der Waals surface area contributed by atoms with Gasteiger partial charge in [-0.1, -0.05) is 36.0 Å². The van der Waals surface area contributed by atoms with Gasteiger partial charge in [0, 0.05) is 34.5 Å². The molecule has 18 heteroatoms. The van der Waals surface area contributed by atoms with Gasteiger partial charge in [-0.05, 0) is 89.1 Å². The number of hydrogen-bond donors (Lipinski definition) is 14. The van der Waals surface area contributed by atoms with Crippen LogP contribution in [0.5, 0.6) is 0 Å². The van der Waals surface area contributed by atoms with E-state index in [1.165, 1.54) is 27.7 Å². The Balaban J connectivity index is 0.00000131. The third-order valence-electron chi connectivity index (χ3n) is 5.48. The molecule has 14 N–H and O–H groups in total. The molecule has 0 saturated carbocycles. The summed E-state index contributed by atoms with van der Waals surface area (Å²) in [5.74, 6) is -2.29.